The number of amides is 1. The van der Waals surface area contributed by atoms with Gasteiger partial charge in [0.2, 0.25) is 0 Å². The Morgan fingerprint density at radius 3 is 2.38 bits per heavy atom. The van der Waals surface area contributed by atoms with Crippen LogP contribution in [-0.2, 0) is 6.18 Å². The summed E-state index contributed by atoms with van der Waals surface area (Å²) in [5, 5.41) is 13.0. The number of Topliss-reactive ketones (excluding diaryl/α,β-unsaturated/α-hetero) is 1. The van der Waals surface area contributed by atoms with Gasteiger partial charge in [-0.1, -0.05) is 18.2 Å². The Labute approximate surface area is 185 Å². The Morgan fingerprint density at radius 2 is 1.75 bits per heavy atom. The number of carbonyl (C=O) groups is 2. The normalized spacial score (nSPS) is 18.8. The molecule has 6 nitrogen and oxygen atoms in total. The molecule has 0 atom stereocenters. The third-order valence-electron chi connectivity index (χ3n) is 5.58. The molecule has 0 bridgehead atoms. The lowest BCUT2D eigenvalue weighted by Crippen LogP contribution is -2.24. The molecule has 1 N–H and O–H groups in total. The summed E-state index contributed by atoms with van der Waals surface area (Å²) in [5.74, 6) is -1.28. The second kappa shape index (κ2) is 9.15. The molecule has 1 aromatic carbocycles. The molecule has 2 aromatic heterocycles. The molecule has 166 valence electrons. The van der Waals surface area contributed by atoms with E-state index in [1.54, 1.807) is 23.7 Å². The zero-order valence-electron chi connectivity index (χ0n) is 16.8. The third kappa shape index (κ3) is 4.85. The zero-order valence-corrected chi connectivity index (χ0v) is 17.6. The highest BCUT2D eigenvalue weighted by Crippen LogP contribution is 2.38. The molecule has 1 fully saturated rings. The fraction of sp³-hybridized carbons (Fsp3) is 0.318. The number of halogens is 3. The number of hydrogen-bond acceptors (Lipinski definition) is 6. The van der Waals surface area contributed by atoms with Gasteiger partial charge in [0.05, 0.1) is 11.3 Å². The summed E-state index contributed by atoms with van der Waals surface area (Å²) < 4.78 is 39.8. The summed E-state index contributed by atoms with van der Waals surface area (Å²) in [4.78, 5) is 29.0. The highest BCUT2D eigenvalue weighted by molar-refractivity contribution is 7.13. The van der Waals surface area contributed by atoms with Gasteiger partial charge in [0.15, 0.2) is 16.6 Å². The number of rotatable bonds is 5. The molecule has 0 saturated heterocycles. The molecule has 2 heterocycles. The van der Waals surface area contributed by atoms with Crippen molar-refractivity contribution in [3.05, 3.63) is 70.5 Å². The molecule has 1 amide bonds. The molecule has 4 rings (SSSR count). The molecule has 0 unspecified atom stereocenters. The van der Waals surface area contributed by atoms with E-state index in [2.05, 4.69) is 20.5 Å². The monoisotopic (exact) mass is 460 g/mol. The molecule has 32 heavy (non-hydrogen) atoms. The molecule has 0 radical (unpaired) electrons. The van der Waals surface area contributed by atoms with Gasteiger partial charge in [0.1, 0.15) is 0 Å². The van der Waals surface area contributed by atoms with Crippen LogP contribution in [0.4, 0.5) is 18.3 Å². The predicted molar refractivity (Wildman–Crippen MR) is 113 cm³/mol. The summed E-state index contributed by atoms with van der Waals surface area (Å²) in [6.45, 7) is 0. The Morgan fingerprint density at radius 1 is 1.00 bits per heavy atom. The van der Waals surface area contributed by atoms with Crippen molar-refractivity contribution in [1.82, 2.24) is 15.2 Å². The van der Waals surface area contributed by atoms with Crippen LogP contribution in [0.2, 0.25) is 0 Å². The average molecular weight is 460 g/mol. The van der Waals surface area contributed by atoms with Gasteiger partial charge >= 0.3 is 6.18 Å². The minimum atomic E-state index is -4.56. The number of benzene rings is 1. The van der Waals surface area contributed by atoms with E-state index in [-0.39, 0.29) is 17.2 Å². The Hall–Kier alpha value is -3.14. The first-order valence-electron chi connectivity index (χ1n) is 10.1. The molecule has 1 aliphatic rings. The number of anilines is 1. The van der Waals surface area contributed by atoms with Crippen LogP contribution in [0, 0.1) is 5.92 Å². The SMILES string of the molecule is O=C(Nc1nccs1)c1ccc(C2CCC(C(=O)c3ccccc3C(F)(F)F)CC2)nn1. The average Bonchev–Trinajstić information content (AvgIpc) is 3.31. The Balaban J connectivity index is 1.38. The Bertz CT molecular complexity index is 1090. The molecular weight excluding hydrogens is 441 g/mol. The molecular formula is C22H19F3N4O2S. The van der Waals surface area contributed by atoms with Crippen LogP contribution in [0.5, 0.6) is 0 Å². The van der Waals surface area contributed by atoms with Crippen molar-refractivity contribution >= 4 is 28.2 Å². The van der Waals surface area contributed by atoms with Crippen LogP contribution in [0.25, 0.3) is 0 Å². The van der Waals surface area contributed by atoms with E-state index in [0.29, 0.717) is 36.5 Å². The van der Waals surface area contributed by atoms with Crippen molar-refractivity contribution in [2.75, 3.05) is 5.32 Å². The molecule has 1 saturated carbocycles. The van der Waals surface area contributed by atoms with Crippen molar-refractivity contribution < 1.29 is 22.8 Å². The lowest BCUT2D eigenvalue weighted by molar-refractivity contribution is -0.137. The first-order chi connectivity index (χ1) is 15.3. The van der Waals surface area contributed by atoms with Crippen LogP contribution in [-0.4, -0.2) is 26.9 Å². The standard InChI is InChI=1S/C22H19F3N4O2S/c23-22(24,25)16-4-2-1-3-15(16)19(30)14-7-5-13(6-8-14)17-9-10-18(29-28-17)20(31)27-21-26-11-12-32-21/h1-4,9-14H,5-8H2,(H,26,27,31). The summed E-state index contributed by atoms with van der Waals surface area (Å²) in [7, 11) is 0. The lowest BCUT2D eigenvalue weighted by atomic mass is 9.77. The molecule has 3 aromatic rings. The van der Waals surface area contributed by atoms with Crippen LogP contribution < -0.4 is 5.32 Å². The molecule has 0 aliphatic heterocycles. The summed E-state index contributed by atoms with van der Waals surface area (Å²) >= 11 is 1.29. The Kier molecular flexibility index (Phi) is 6.31. The van der Waals surface area contributed by atoms with Crippen LogP contribution >= 0.6 is 11.3 Å². The quantitative estimate of drug-likeness (QED) is 0.518. The predicted octanol–water partition coefficient (Wildman–Crippen LogP) is 5.36. The second-order valence-corrected chi connectivity index (χ2v) is 8.49. The summed E-state index contributed by atoms with van der Waals surface area (Å²) in [6, 6.07) is 8.25. The number of nitrogens with one attached hydrogen (secondary N) is 1. The smallest absolute Gasteiger partial charge is 0.296 e. The molecule has 10 heteroatoms. The van der Waals surface area contributed by atoms with Gasteiger partial charge in [-0.3, -0.25) is 14.9 Å². The van der Waals surface area contributed by atoms with Crippen LogP contribution in [0.1, 0.15) is 63.7 Å². The number of ketones is 1. The van der Waals surface area contributed by atoms with Gasteiger partial charge in [0.25, 0.3) is 5.91 Å². The van der Waals surface area contributed by atoms with Crippen LogP contribution in [0.3, 0.4) is 0 Å². The first kappa shape index (κ1) is 22.1. The molecule has 0 spiro atoms. The minimum Gasteiger partial charge on any atom is -0.296 e. The number of nitrogens with zero attached hydrogens (tertiary/aromatic N) is 3. The van der Waals surface area contributed by atoms with Gasteiger partial charge in [-0.15, -0.1) is 16.4 Å². The zero-order chi connectivity index (χ0) is 22.7. The van der Waals surface area contributed by atoms with E-state index in [1.807, 2.05) is 0 Å². The highest BCUT2D eigenvalue weighted by Gasteiger charge is 2.37. The first-order valence-corrected chi connectivity index (χ1v) is 11.0. The topological polar surface area (TPSA) is 84.8 Å². The van der Waals surface area contributed by atoms with Crippen molar-refractivity contribution in [3.63, 3.8) is 0 Å². The fourth-order valence-corrected chi connectivity index (χ4v) is 4.47. The van der Waals surface area contributed by atoms with Gasteiger partial charge in [-0.05, 0) is 43.9 Å². The van der Waals surface area contributed by atoms with Gasteiger partial charge in [-0.2, -0.15) is 18.3 Å². The lowest BCUT2D eigenvalue weighted by Gasteiger charge is -2.27. The van der Waals surface area contributed by atoms with E-state index in [0.717, 1.165) is 6.07 Å². The largest absolute Gasteiger partial charge is 0.417 e. The number of hydrogen-bond donors (Lipinski definition) is 1. The number of carbonyl (C=O) groups excluding carboxylic acids is 2. The van der Waals surface area contributed by atoms with E-state index >= 15 is 0 Å². The van der Waals surface area contributed by atoms with Crippen molar-refractivity contribution in [3.8, 4) is 0 Å². The maximum absolute atomic E-state index is 13.3. The highest BCUT2D eigenvalue weighted by atomic mass is 32.1. The van der Waals surface area contributed by atoms with E-state index in [4.69, 9.17) is 0 Å². The van der Waals surface area contributed by atoms with Crippen LogP contribution in [0.15, 0.2) is 48.0 Å². The van der Waals surface area contributed by atoms with Gasteiger partial charge in [0, 0.05) is 29.0 Å². The van der Waals surface area contributed by atoms with Crippen molar-refractivity contribution in [2.45, 2.75) is 37.8 Å². The third-order valence-corrected chi connectivity index (χ3v) is 6.27. The number of aromatic nitrogens is 3. The van der Waals surface area contributed by atoms with Gasteiger partial charge in [-0.25, -0.2) is 4.98 Å². The van der Waals surface area contributed by atoms with E-state index in [1.165, 1.54) is 29.5 Å². The summed E-state index contributed by atoms with van der Waals surface area (Å²) in [6.07, 6.45) is -0.800. The van der Waals surface area contributed by atoms with Gasteiger partial charge < -0.3 is 0 Å². The maximum Gasteiger partial charge on any atom is 0.417 e. The van der Waals surface area contributed by atoms with Crippen molar-refractivity contribution in [2.24, 2.45) is 5.92 Å². The summed E-state index contributed by atoms with van der Waals surface area (Å²) in [5.41, 5.74) is -0.280. The number of thiazole rings is 1. The van der Waals surface area contributed by atoms with E-state index in [9.17, 15) is 22.8 Å². The number of alkyl halides is 3. The fourth-order valence-electron chi connectivity index (χ4n) is 3.94. The van der Waals surface area contributed by atoms with Crippen molar-refractivity contribution in [1.29, 1.82) is 0 Å². The maximum atomic E-state index is 13.3. The second-order valence-electron chi connectivity index (χ2n) is 7.59. The molecule has 1 aliphatic carbocycles. The minimum absolute atomic E-state index is 0.0421. The van der Waals surface area contributed by atoms with E-state index < -0.39 is 29.3 Å².